The summed E-state index contributed by atoms with van der Waals surface area (Å²) < 4.78 is 2.23. The lowest BCUT2D eigenvalue weighted by Gasteiger charge is -2.25. The van der Waals surface area contributed by atoms with Crippen LogP contribution in [0, 0.1) is 6.92 Å². The van der Waals surface area contributed by atoms with Gasteiger partial charge in [-0.3, -0.25) is 9.36 Å². The molecule has 2 N–H and O–H groups in total. The van der Waals surface area contributed by atoms with Crippen molar-refractivity contribution in [3.05, 3.63) is 59.7 Å². The van der Waals surface area contributed by atoms with E-state index in [0.29, 0.717) is 11.8 Å². The number of rotatable bonds is 7. The normalized spacial score (nSPS) is 14.9. The molecular formula is C25H29N5O2S. The Labute approximate surface area is 198 Å². The second-order valence-corrected chi connectivity index (χ2v) is 9.35. The molecule has 1 aromatic heterocycles. The summed E-state index contributed by atoms with van der Waals surface area (Å²) in [6.07, 6.45) is 5.86. The van der Waals surface area contributed by atoms with E-state index < -0.39 is 0 Å². The molecule has 0 saturated heterocycles. The maximum atomic E-state index is 12.5. The molecule has 3 aromatic rings. The van der Waals surface area contributed by atoms with E-state index >= 15 is 0 Å². The molecule has 1 heterocycles. The summed E-state index contributed by atoms with van der Waals surface area (Å²) in [5, 5.41) is 23.5. The molecule has 1 aliphatic rings. The average Bonchev–Trinajstić information content (AvgIpc) is 3.26. The predicted octanol–water partition coefficient (Wildman–Crippen LogP) is 5.10. The molecule has 0 atom stereocenters. The fourth-order valence-electron chi connectivity index (χ4n) is 4.05. The third-order valence-electron chi connectivity index (χ3n) is 5.86. The number of phenols is 1. The number of hydrogen-bond donors (Lipinski definition) is 2. The minimum Gasteiger partial charge on any atom is -0.508 e. The number of thioether (sulfide) groups is 1. The van der Waals surface area contributed by atoms with E-state index in [2.05, 4.69) is 56.5 Å². The number of hydrogen-bond acceptors (Lipinski definition) is 6. The van der Waals surface area contributed by atoms with Crippen LogP contribution in [0.15, 0.2) is 58.8 Å². The number of aryl methyl sites for hydroxylation is 1. The van der Waals surface area contributed by atoms with E-state index in [1.165, 1.54) is 36.6 Å². The zero-order chi connectivity index (χ0) is 23.2. The van der Waals surface area contributed by atoms with Crippen LogP contribution in [0.4, 0.5) is 0 Å². The van der Waals surface area contributed by atoms with Gasteiger partial charge in [-0.15, -0.1) is 10.2 Å². The Morgan fingerprint density at radius 3 is 2.64 bits per heavy atom. The van der Waals surface area contributed by atoms with E-state index in [1.807, 2.05) is 6.07 Å². The van der Waals surface area contributed by atoms with E-state index in [0.717, 1.165) is 34.9 Å². The van der Waals surface area contributed by atoms with Crippen molar-refractivity contribution in [2.45, 2.75) is 57.1 Å². The maximum Gasteiger partial charge on any atom is 0.250 e. The lowest BCUT2D eigenvalue weighted by Crippen LogP contribution is -2.22. The number of nitrogens with zero attached hydrogens (tertiary/aromatic N) is 4. The highest BCUT2D eigenvalue weighted by atomic mass is 32.2. The second-order valence-electron chi connectivity index (χ2n) is 8.41. The predicted molar refractivity (Wildman–Crippen MR) is 132 cm³/mol. The van der Waals surface area contributed by atoms with Gasteiger partial charge in [-0.2, -0.15) is 5.10 Å². The summed E-state index contributed by atoms with van der Waals surface area (Å²) in [6.45, 7) is 3.86. The SMILES string of the molecule is C/C(=N\NC(=O)CSc1nnc(-c2ccc(C)cc2)n1C1CCCCC1)c1cccc(O)c1. The number of aromatic hydroxyl groups is 1. The van der Waals surface area contributed by atoms with Gasteiger partial charge >= 0.3 is 0 Å². The van der Waals surface area contributed by atoms with Crippen molar-refractivity contribution in [3.63, 3.8) is 0 Å². The molecule has 33 heavy (non-hydrogen) atoms. The minimum atomic E-state index is -0.213. The zero-order valence-corrected chi connectivity index (χ0v) is 19.8. The molecule has 7 nitrogen and oxygen atoms in total. The molecule has 1 saturated carbocycles. The van der Waals surface area contributed by atoms with Gasteiger partial charge < -0.3 is 5.11 Å². The molecule has 0 radical (unpaired) electrons. The van der Waals surface area contributed by atoms with Crippen LogP contribution < -0.4 is 5.43 Å². The molecule has 4 rings (SSSR count). The monoisotopic (exact) mass is 463 g/mol. The Balaban J connectivity index is 1.47. The number of aromatic nitrogens is 3. The van der Waals surface area contributed by atoms with Gasteiger partial charge in [0.1, 0.15) is 5.75 Å². The topological polar surface area (TPSA) is 92.4 Å². The first-order chi connectivity index (χ1) is 16.0. The molecular weight excluding hydrogens is 434 g/mol. The molecule has 0 spiro atoms. The summed E-state index contributed by atoms with van der Waals surface area (Å²) in [7, 11) is 0. The van der Waals surface area contributed by atoms with Gasteiger partial charge in [-0.05, 0) is 38.8 Å². The minimum absolute atomic E-state index is 0.162. The zero-order valence-electron chi connectivity index (χ0n) is 19.0. The molecule has 2 aromatic carbocycles. The van der Waals surface area contributed by atoms with Crippen LogP contribution in [0.1, 0.15) is 56.2 Å². The van der Waals surface area contributed by atoms with Crippen molar-refractivity contribution in [2.75, 3.05) is 5.75 Å². The Bertz CT molecular complexity index is 1130. The quantitative estimate of drug-likeness (QED) is 0.289. The molecule has 1 aliphatic carbocycles. The largest absolute Gasteiger partial charge is 0.508 e. The van der Waals surface area contributed by atoms with Crippen molar-refractivity contribution in [2.24, 2.45) is 5.10 Å². The van der Waals surface area contributed by atoms with Gasteiger partial charge in [0, 0.05) is 17.2 Å². The first kappa shape index (κ1) is 23.0. The van der Waals surface area contributed by atoms with Gasteiger partial charge in [0.25, 0.3) is 5.91 Å². The van der Waals surface area contributed by atoms with E-state index in [4.69, 9.17) is 0 Å². The Morgan fingerprint density at radius 1 is 1.15 bits per heavy atom. The second kappa shape index (κ2) is 10.7. The fourth-order valence-corrected chi connectivity index (χ4v) is 4.85. The van der Waals surface area contributed by atoms with Crippen molar-refractivity contribution in [1.29, 1.82) is 0 Å². The van der Waals surface area contributed by atoms with Crippen molar-refractivity contribution >= 4 is 23.4 Å². The Morgan fingerprint density at radius 2 is 1.91 bits per heavy atom. The summed E-state index contributed by atoms with van der Waals surface area (Å²) in [6, 6.07) is 15.5. The Kier molecular flexibility index (Phi) is 7.44. The van der Waals surface area contributed by atoms with Crippen LogP contribution in [0.2, 0.25) is 0 Å². The highest BCUT2D eigenvalue weighted by Gasteiger charge is 2.24. The van der Waals surface area contributed by atoms with Gasteiger partial charge in [0.2, 0.25) is 0 Å². The van der Waals surface area contributed by atoms with Crippen LogP contribution in [0.25, 0.3) is 11.4 Å². The van der Waals surface area contributed by atoms with Gasteiger partial charge in [-0.25, -0.2) is 5.43 Å². The third-order valence-corrected chi connectivity index (χ3v) is 6.80. The third kappa shape index (κ3) is 5.82. The van der Waals surface area contributed by atoms with Crippen molar-refractivity contribution in [1.82, 2.24) is 20.2 Å². The summed E-state index contributed by atoms with van der Waals surface area (Å²) in [5.41, 5.74) is 6.22. The average molecular weight is 464 g/mol. The van der Waals surface area contributed by atoms with Crippen LogP contribution in [-0.2, 0) is 4.79 Å². The highest BCUT2D eigenvalue weighted by Crippen LogP contribution is 2.35. The van der Waals surface area contributed by atoms with Crippen LogP contribution >= 0.6 is 11.8 Å². The van der Waals surface area contributed by atoms with Crippen LogP contribution in [0.5, 0.6) is 5.75 Å². The molecule has 8 heteroatoms. The molecule has 1 amide bonds. The van der Waals surface area contributed by atoms with Crippen molar-refractivity contribution < 1.29 is 9.90 Å². The number of carbonyl (C=O) groups excluding carboxylic acids is 1. The highest BCUT2D eigenvalue weighted by molar-refractivity contribution is 7.99. The smallest absolute Gasteiger partial charge is 0.250 e. The van der Waals surface area contributed by atoms with Gasteiger partial charge in [0.05, 0.1) is 11.5 Å². The van der Waals surface area contributed by atoms with Crippen LogP contribution in [0.3, 0.4) is 0 Å². The lowest BCUT2D eigenvalue weighted by atomic mass is 9.95. The number of carbonyl (C=O) groups is 1. The maximum absolute atomic E-state index is 12.5. The first-order valence-electron chi connectivity index (χ1n) is 11.3. The molecule has 0 bridgehead atoms. The number of phenolic OH excluding ortho intramolecular Hbond substituents is 1. The van der Waals surface area contributed by atoms with E-state index in [-0.39, 0.29) is 17.4 Å². The molecule has 172 valence electrons. The van der Waals surface area contributed by atoms with Crippen LogP contribution in [-0.4, -0.2) is 37.2 Å². The fraction of sp³-hybridized carbons (Fsp3) is 0.360. The summed E-state index contributed by atoms with van der Waals surface area (Å²) in [5.74, 6) is 1.00. The Hall–Kier alpha value is -3.13. The first-order valence-corrected chi connectivity index (χ1v) is 12.3. The summed E-state index contributed by atoms with van der Waals surface area (Å²) in [4.78, 5) is 12.5. The summed E-state index contributed by atoms with van der Waals surface area (Å²) >= 11 is 1.39. The number of hydrazone groups is 1. The molecule has 0 aliphatic heterocycles. The van der Waals surface area contributed by atoms with Gasteiger partial charge in [-0.1, -0.05) is 73.0 Å². The lowest BCUT2D eigenvalue weighted by molar-refractivity contribution is -0.118. The van der Waals surface area contributed by atoms with E-state index in [1.54, 1.807) is 25.1 Å². The molecule has 0 unspecified atom stereocenters. The number of benzene rings is 2. The van der Waals surface area contributed by atoms with E-state index in [9.17, 15) is 9.90 Å². The number of amides is 1. The number of nitrogens with one attached hydrogen (secondary N) is 1. The van der Waals surface area contributed by atoms with Gasteiger partial charge in [0.15, 0.2) is 11.0 Å². The standard InChI is InChI=1S/C25H29N5O2S/c1-17-11-13-19(14-12-17)24-28-29-25(30(24)21-8-4-3-5-9-21)33-16-23(32)27-26-18(2)20-7-6-10-22(31)15-20/h6-7,10-15,21,31H,3-5,8-9,16H2,1-2H3,(H,27,32)/b26-18+. The molecule has 1 fully saturated rings. The van der Waals surface area contributed by atoms with Crippen molar-refractivity contribution in [3.8, 4) is 17.1 Å².